The van der Waals surface area contributed by atoms with E-state index in [2.05, 4.69) is 51.8 Å². The lowest BCUT2D eigenvalue weighted by molar-refractivity contribution is 0.442. The smallest absolute Gasteiger partial charge is 0.223 e. The highest BCUT2D eigenvalue weighted by Gasteiger charge is 2.26. The summed E-state index contributed by atoms with van der Waals surface area (Å²) in [7, 11) is 0. The standard InChI is InChI=1S/C16H27N3/c1-10(2)13-11(3)17-15(18-12-8-7-9-12)19-14(13)16(4,5)6/h10,12H,7-9H2,1-6H3,(H,17,18,19). The molecule has 0 aromatic carbocycles. The molecule has 19 heavy (non-hydrogen) atoms. The number of nitrogens with one attached hydrogen (secondary N) is 1. The SMILES string of the molecule is Cc1nc(NC2CCC2)nc(C(C)(C)C)c1C(C)C. The topological polar surface area (TPSA) is 37.8 Å². The second-order valence-electron chi connectivity index (χ2n) is 7.07. The Morgan fingerprint density at radius 2 is 1.79 bits per heavy atom. The van der Waals surface area contributed by atoms with E-state index in [1.54, 1.807) is 0 Å². The monoisotopic (exact) mass is 261 g/mol. The van der Waals surface area contributed by atoms with Crippen LogP contribution in [0.15, 0.2) is 0 Å². The lowest BCUT2D eigenvalue weighted by Crippen LogP contribution is -2.29. The fourth-order valence-corrected chi connectivity index (χ4v) is 2.64. The van der Waals surface area contributed by atoms with E-state index in [0.29, 0.717) is 12.0 Å². The van der Waals surface area contributed by atoms with Crippen LogP contribution >= 0.6 is 0 Å². The Balaban J connectivity index is 2.40. The van der Waals surface area contributed by atoms with Gasteiger partial charge < -0.3 is 5.32 Å². The van der Waals surface area contributed by atoms with Crippen LogP contribution in [-0.4, -0.2) is 16.0 Å². The van der Waals surface area contributed by atoms with Crippen LogP contribution in [-0.2, 0) is 5.41 Å². The fraction of sp³-hybridized carbons (Fsp3) is 0.750. The number of aromatic nitrogens is 2. The summed E-state index contributed by atoms with van der Waals surface area (Å²) in [5.74, 6) is 1.28. The van der Waals surface area contributed by atoms with Gasteiger partial charge in [-0.3, -0.25) is 0 Å². The Labute approximate surface area is 117 Å². The first-order chi connectivity index (χ1) is 8.79. The molecule has 3 nitrogen and oxygen atoms in total. The Morgan fingerprint density at radius 3 is 2.21 bits per heavy atom. The summed E-state index contributed by atoms with van der Waals surface area (Å²) < 4.78 is 0. The van der Waals surface area contributed by atoms with Gasteiger partial charge in [-0.15, -0.1) is 0 Å². The summed E-state index contributed by atoms with van der Waals surface area (Å²) in [5.41, 5.74) is 3.68. The summed E-state index contributed by atoms with van der Waals surface area (Å²) in [6.07, 6.45) is 3.82. The molecule has 1 fully saturated rings. The number of hydrogen-bond acceptors (Lipinski definition) is 3. The van der Waals surface area contributed by atoms with Gasteiger partial charge in [-0.2, -0.15) is 0 Å². The lowest BCUT2D eigenvalue weighted by Gasteiger charge is -2.29. The van der Waals surface area contributed by atoms with Crippen molar-refractivity contribution < 1.29 is 0 Å². The van der Waals surface area contributed by atoms with Gasteiger partial charge in [0.25, 0.3) is 0 Å². The average molecular weight is 261 g/mol. The van der Waals surface area contributed by atoms with Gasteiger partial charge in [-0.25, -0.2) is 9.97 Å². The molecule has 0 amide bonds. The maximum atomic E-state index is 4.83. The van der Waals surface area contributed by atoms with Crippen LogP contribution in [0.3, 0.4) is 0 Å². The van der Waals surface area contributed by atoms with Crippen molar-refractivity contribution in [1.82, 2.24) is 9.97 Å². The van der Waals surface area contributed by atoms with Crippen molar-refractivity contribution in [3.63, 3.8) is 0 Å². The molecule has 1 aromatic rings. The van der Waals surface area contributed by atoms with Crippen molar-refractivity contribution in [3.8, 4) is 0 Å². The van der Waals surface area contributed by atoms with Crippen molar-refractivity contribution in [2.24, 2.45) is 0 Å². The molecule has 0 saturated heterocycles. The third kappa shape index (κ3) is 3.07. The first-order valence-electron chi connectivity index (χ1n) is 7.44. The Morgan fingerprint density at radius 1 is 1.16 bits per heavy atom. The van der Waals surface area contributed by atoms with E-state index in [-0.39, 0.29) is 5.41 Å². The van der Waals surface area contributed by atoms with E-state index >= 15 is 0 Å². The molecule has 1 heterocycles. The molecule has 3 heteroatoms. The number of aryl methyl sites for hydroxylation is 1. The minimum Gasteiger partial charge on any atom is -0.351 e. The molecule has 2 rings (SSSR count). The quantitative estimate of drug-likeness (QED) is 0.887. The maximum absolute atomic E-state index is 4.83. The first kappa shape index (κ1) is 14.3. The van der Waals surface area contributed by atoms with E-state index in [1.165, 1.54) is 30.5 Å². The molecule has 1 aliphatic carbocycles. The molecule has 0 aliphatic heterocycles. The molecule has 0 spiro atoms. The van der Waals surface area contributed by atoms with Crippen molar-refractivity contribution in [2.45, 2.75) is 78.2 Å². The largest absolute Gasteiger partial charge is 0.351 e. The van der Waals surface area contributed by atoms with Gasteiger partial charge in [0.05, 0.1) is 5.69 Å². The molecule has 1 aromatic heterocycles. The van der Waals surface area contributed by atoms with Gasteiger partial charge >= 0.3 is 0 Å². The molecule has 0 unspecified atom stereocenters. The number of hydrogen-bond donors (Lipinski definition) is 1. The van der Waals surface area contributed by atoms with Crippen molar-refractivity contribution in [3.05, 3.63) is 17.0 Å². The molecule has 0 bridgehead atoms. The summed E-state index contributed by atoms with van der Waals surface area (Å²) >= 11 is 0. The van der Waals surface area contributed by atoms with Crippen LogP contribution in [0.4, 0.5) is 5.95 Å². The predicted molar refractivity (Wildman–Crippen MR) is 80.8 cm³/mol. The van der Waals surface area contributed by atoms with Crippen molar-refractivity contribution in [1.29, 1.82) is 0 Å². The fourth-order valence-electron chi connectivity index (χ4n) is 2.64. The van der Waals surface area contributed by atoms with Crippen LogP contribution in [0.25, 0.3) is 0 Å². The number of rotatable bonds is 3. The van der Waals surface area contributed by atoms with Crippen LogP contribution in [0.2, 0.25) is 0 Å². The van der Waals surface area contributed by atoms with E-state index in [4.69, 9.17) is 4.98 Å². The maximum Gasteiger partial charge on any atom is 0.223 e. The van der Waals surface area contributed by atoms with Gasteiger partial charge in [0, 0.05) is 17.2 Å². The molecule has 1 aliphatic rings. The first-order valence-corrected chi connectivity index (χ1v) is 7.44. The zero-order chi connectivity index (χ0) is 14.2. The van der Waals surface area contributed by atoms with E-state index in [1.807, 2.05) is 0 Å². The average Bonchev–Trinajstić information content (AvgIpc) is 2.20. The number of anilines is 1. The van der Waals surface area contributed by atoms with Crippen LogP contribution < -0.4 is 5.32 Å². The Bertz CT molecular complexity index is 454. The van der Waals surface area contributed by atoms with E-state index < -0.39 is 0 Å². The molecular formula is C16H27N3. The lowest BCUT2D eigenvalue weighted by atomic mass is 9.84. The van der Waals surface area contributed by atoms with Gasteiger partial charge in [0.2, 0.25) is 5.95 Å². The number of nitrogens with zero attached hydrogens (tertiary/aromatic N) is 2. The van der Waals surface area contributed by atoms with Gasteiger partial charge in [0.1, 0.15) is 0 Å². The summed E-state index contributed by atoms with van der Waals surface area (Å²) in [6.45, 7) is 13.2. The van der Waals surface area contributed by atoms with Crippen molar-refractivity contribution >= 4 is 5.95 Å². The summed E-state index contributed by atoms with van der Waals surface area (Å²) in [4.78, 5) is 9.49. The van der Waals surface area contributed by atoms with Gasteiger partial charge in [-0.1, -0.05) is 34.6 Å². The van der Waals surface area contributed by atoms with Crippen LogP contribution in [0.1, 0.15) is 76.8 Å². The highest BCUT2D eigenvalue weighted by molar-refractivity contribution is 5.39. The normalized spacial score (nSPS) is 16.6. The van der Waals surface area contributed by atoms with E-state index in [9.17, 15) is 0 Å². The highest BCUT2D eigenvalue weighted by Crippen LogP contribution is 2.32. The zero-order valence-corrected chi connectivity index (χ0v) is 13.2. The zero-order valence-electron chi connectivity index (χ0n) is 13.2. The molecule has 0 atom stereocenters. The molecule has 106 valence electrons. The van der Waals surface area contributed by atoms with Crippen molar-refractivity contribution in [2.75, 3.05) is 5.32 Å². The predicted octanol–water partition coefficient (Wildman–Crippen LogP) is 4.17. The minimum atomic E-state index is 0.0589. The van der Waals surface area contributed by atoms with Gasteiger partial charge in [0.15, 0.2) is 0 Å². The van der Waals surface area contributed by atoms with Gasteiger partial charge in [-0.05, 0) is 37.7 Å². The van der Waals surface area contributed by atoms with E-state index in [0.717, 1.165) is 11.6 Å². The second kappa shape index (κ2) is 5.10. The third-order valence-corrected chi connectivity index (χ3v) is 3.86. The molecule has 0 radical (unpaired) electrons. The Kier molecular flexibility index (Phi) is 3.84. The molecular weight excluding hydrogens is 234 g/mol. The summed E-state index contributed by atoms with van der Waals surface area (Å²) in [5, 5.41) is 3.48. The highest BCUT2D eigenvalue weighted by atomic mass is 15.1. The molecule has 1 N–H and O–H groups in total. The van der Waals surface area contributed by atoms with Crippen LogP contribution in [0.5, 0.6) is 0 Å². The molecule has 1 saturated carbocycles. The minimum absolute atomic E-state index is 0.0589. The third-order valence-electron chi connectivity index (χ3n) is 3.86. The Hall–Kier alpha value is -1.12. The second-order valence-corrected chi connectivity index (χ2v) is 7.07. The van der Waals surface area contributed by atoms with Crippen LogP contribution in [0, 0.1) is 6.92 Å². The summed E-state index contributed by atoms with van der Waals surface area (Å²) in [6, 6.07) is 0.581.